The highest BCUT2D eigenvalue weighted by Crippen LogP contribution is 2.35. The van der Waals surface area contributed by atoms with Gasteiger partial charge in [0.05, 0.1) is 12.2 Å². The van der Waals surface area contributed by atoms with Gasteiger partial charge in [-0.2, -0.15) is 0 Å². The number of para-hydroxylation sites is 2. The van der Waals surface area contributed by atoms with Crippen LogP contribution < -0.4 is 15.0 Å². The first-order valence-corrected chi connectivity index (χ1v) is 10.6. The van der Waals surface area contributed by atoms with Crippen molar-refractivity contribution in [3.8, 4) is 17.0 Å². The smallest absolute Gasteiger partial charge is 0.264 e. The minimum absolute atomic E-state index is 0.0654. The molecule has 33 heavy (non-hydrogen) atoms. The standard InChI is InChI=1S/C26H21N3O4/c30-25(27-15-18-9-3-1-4-10-18)23-16-29(21-13-7-8-14-22(21)33-23)26(31)20-17-32-28-24(20)19-11-5-2-6-12-19/h1-14,17,23H,15-16H2,(H,27,30). The van der Waals surface area contributed by atoms with Crippen LogP contribution in [0.25, 0.3) is 11.3 Å². The second-order valence-corrected chi connectivity index (χ2v) is 7.64. The first-order chi connectivity index (χ1) is 16.2. The van der Waals surface area contributed by atoms with E-state index in [0.29, 0.717) is 29.2 Å². The zero-order valence-electron chi connectivity index (χ0n) is 17.7. The lowest BCUT2D eigenvalue weighted by Crippen LogP contribution is -2.50. The highest BCUT2D eigenvalue weighted by molar-refractivity contribution is 6.10. The molecule has 1 aromatic heterocycles. The molecular weight excluding hydrogens is 418 g/mol. The Hall–Kier alpha value is -4.39. The van der Waals surface area contributed by atoms with Crippen molar-refractivity contribution in [1.82, 2.24) is 10.5 Å². The lowest BCUT2D eigenvalue weighted by atomic mass is 10.1. The number of rotatable bonds is 5. The number of benzene rings is 3. The average Bonchev–Trinajstić information content (AvgIpc) is 3.37. The van der Waals surface area contributed by atoms with Crippen LogP contribution in [0.2, 0.25) is 0 Å². The molecule has 0 radical (unpaired) electrons. The van der Waals surface area contributed by atoms with Gasteiger partial charge in [0.25, 0.3) is 11.8 Å². The van der Waals surface area contributed by atoms with Gasteiger partial charge in [-0.1, -0.05) is 78.0 Å². The van der Waals surface area contributed by atoms with E-state index in [1.54, 1.807) is 23.1 Å². The molecule has 164 valence electrons. The van der Waals surface area contributed by atoms with E-state index in [4.69, 9.17) is 9.26 Å². The molecule has 1 N–H and O–H groups in total. The highest BCUT2D eigenvalue weighted by Gasteiger charge is 2.35. The van der Waals surface area contributed by atoms with Crippen molar-refractivity contribution in [2.24, 2.45) is 0 Å². The maximum absolute atomic E-state index is 13.6. The van der Waals surface area contributed by atoms with Crippen molar-refractivity contribution >= 4 is 17.5 Å². The topological polar surface area (TPSA) is 84.7 Å². The van der Waals surface area contributed by atoms with E-state index in [0.717, 1.165) is 11.1 Å². The number of ether oxygens (including phenoxy) is 1. The van der Waals surface area contributed by atoms with Gasteiger partial charge in [0.2, 0.25) is 0 Å². The maximum atomic E-state index is 13.6. The Morgan fingerprint density at radius 1 is 0.939 bits per heavy atom. The summed E-state index contributed by atoms with van der Waals surface area (Å²) in [6.45, 7) is 0.439. The molecule has 2 heterocycles. The van der Waals surface area contributed by atoms with Gasteiger partial charge in [-0.25, -0.2) is 0 Å². The van der Waals surface area contributed by atoms with Gasteiger partial charge in [-0.05, 0) is 17.7 Å². The van der Waals surface area contributed by atoms with E-state index in [2.05, 4.69) is 10.5 Å². The van der Waals surface area contributed by atoms with Crippen molar-refractivity contribution < 1.29 is 18.8 Å². The number of anilines is 1. The zero-order valence-corrected chi connectivity index (χ0v) is 17.7. The second-order valence-electron chi connectivity index (χ2n) is 7.64. The minimum atomic E-state index is -0.854. The summed E-state index contributed by atoms with van der Waals surface area (Å²) in [5.74, 6) is -0.138. The summed E-state index contributed by atoms with van der Waals surface area (Å²) in [7, 11) is 0. The van der Waals surface area contributed by atoms with E-state index < -0.39 is 6.10 Å². The molecule has 1 unspecified atom stereocenters. The molecule has 1 atom stereocenters. The van der Waals surface area contributed by atoms with Crippen molar-refractivity contribution in [2.75, 3.05) is 11.4 Å². The Balaban J connectivity index is 1.41. The number of amides is 2. The molecule has 0 aliphatic carbocycles. The molecule has 0 saturated carbocycles. The van der Waals surface area contributed by atoms with E-state index in [9.17, 15) is 9.59 Å². The van der Waals surface area contributed by atoms with Gasteiger partial charge < -0.3 is 19.5 Å². The monoisotopic (exact) mass is 439 g/mol. The van der Waals surface area contributed by atoms with Crippen LogP contribution in [0.15, 0.2) is 95.7 Å². The van der Waals surface area contributed by atoms with Crippen molar-refractivity contribution in [1.29, 1.82) is 0 Å². The third-order valence-corrected chi connectivity index (χ3v) is 5.47. The molecule has 5 rings (SSSR count). The molecule has 0 fully saturated rings. The van der Waals surface area contributed by atoms with Crippen LogP contribution in [0.5, 0.6) is 5.75 Å². The summed E-state index contributed by atoms with van der Waals surface area (Å²) in [5, 5.41) is 6.94. The number of nitrogens with zero attached hydrogens (tertiary/aromatic N) is 2. The molecule has 1 aliphatic rings. The second kappa shape index (κ2) is 9.00. The minimum Gasteiger partial charge on any atom is -0.477 e. The maximum Gasteiger partial charge on any atom is 0.264 e. The fourth-order valence-electron chi connectivity index (χ4n) is 3.80. The summed E-state index contributed by atoms with van der Waals surface area (Å²) in [5.41, 5.74) is 3.12. The molecule has 7 nitrogen and oxygen atoms in total. The molecule has 0 spiro atoms. The third kappa shape index (κ3) is 4.21. The van der Waals surface area contributed by atoms with Crippen LogP contribution in [0.4, 0.5) is 5.69 Å². The third-order valence-electron chi connectivity index (χ3n) is 5.47. The van der Waals surface area contributed by atoms with E-state index in [1.165, 1.54) is 6.26 Å². The predicted octanol–water partition coefficient (Wildman–Crippen LogP) is 4.07. The van der Waals surface area contributed by atoms with Gasteiger partial charge in [0.15, 0.2) is 6.10 Å². The Morgan fingerprint density at radius 3 is 2.42 bits per heavy atom. The van der Waals surface area contributed by atoms with Crippen LogP contribution in [-0.4, -0.2) is 29.6 Å². The Bertz CT molecular complexity index is 1270. The number of carbonyl (C=O) groups excluding carboxylic acids is 2. The fraction of sp³-hybridized carbons (Fsp3) is 0.115. The summed E-state index contributed by atoms with van der Waals surface area (Å²) < 4.78 is 11.1. The van der Waals surface area contributed by atoms with Crippen LogP contribution in [0.1, 0.15) is 15.9 Å². The number of fused-ring (bicyclic) bond motifs is 1. The molecule has 0 bridgehead atoms. The molecule has 2 amide bonds. The average molecular weight is 439 g/mol. The van der Waals surface area contributed by atoms with Gasteiger partial charge in [0, 0.05) is 12.1 Å². The van der Waals surface area contributed by atoms with Gasteiger partial charge >= 0.3 is 0 Å². The van der Waals surface area contributed by atoms with Crippen LogP contribution >= 0.6 is 0 Å². The number of aromatic nitrogens is 1. The number of carbonyl (C=O) groups is 2. The Labute approximate surface area is 190 Å². The predicted molar refractivity (Wildman–Crippen MR) is 123 cm³/mol. The Kier molecular flexibility index (Phi) is 5.59. The molecule has 1 aliphatic heterocycles. The van der Waals surface area contributed by atoms with E-state index >= 15 is 0 Å². The quantitative estimate of drug-likeness (QED) is 0.507. The SMILES string of the molecule is O=C(NCc1ccccc1)C1CN(C(=O)c2conc2-c2ccccc2)c2ccccc2O1. The van der Waals surface area contributed by atoms with E-state index in [-0.39, 0.29) is 18.4 Å². The lowest BCUT2D eigenvalue weighted by Gasteiger charge is -2.34. The number of nitrogens with one attached hydrogen (secondary N) is 1. The molecule has 4 aromatic rings. The number of hydrogen-bond donors (Lipinski definition) is 1. The van der Waals surface area contributed by atoms with Crippen LogP contribution in [0.3, 0.4) is 0 Å². The molecular formula is C26H21N3O4. The molecule has 0 saturated heterocycles. The van der Waals surface area contributed by atoms with E-state index in [1.807, 2.05) is 66.7 Å². The highest BCUT2D eigenvalue weighted by atomic mass is 16.5. The Morgan fingerprint density at radius 2 is 1.64 bits per heavy atom. The van der Waals surface area contributed by atoms with Crippen molar-refractivity contribution in [3.05, 3.63) is 102 Å². The van der Waals surface area contributed by atoms with Crippen LogP contribution in [-0.2, 0) is 11.3 Å². The first kappa shape index (κ1) is 20.5. The largest absolute Gasteiger partial charge is 0.477 e. The van der Waals surface area contributed by atoms with Crippen molar-refractivity contribution in [3.63, 3.8) is 0 Å². The van der Waals surface area contributed by atoms with Gasteiger partial charge in [-0.3, -0.25) is 9.59 Å². The zero-order chi connectivity index (χ0) is 22.6. The fourth-order valence-corrected chi connectivity index (χ4v) is 3.80. The summed E-state index contributed by atoms with van der Waals surface area (Å²) in [6, 6.07) is 26.1. The molecule has 7 heteroatoms. The number of hydrogen-bond acceptors (Lipinski definition) is 5. The lowest BCUT2D eigenvalue weighted by molar-refractivity contribution is -0.127. The van der Waals surface area contributed by atoms with Gasteiger partial charge in [0.1, 0.15) is 23.3 Å². The summed E-state index contributed by atoms with van der Waals surface area (Å²) in [4.78, 5) is 28.1. The summed E-state index contributed by atoms with van der Waals surface area (Å²) in [6.07, 6.45) is 0.486. The van der Waals surface area contributed by atoms with Crippen LogP contribution in [0, 0.1) is 0 Å². The first-order valence-electron chi connectivity index (χ1n) is 10.6. The van der Waals surface area contributed by atoms with Gasteiger partial charge in [-0.15, -0.1) is 0 Å². The molecule has 3 aromatic carbocycles. The normalized spacial score (nSPS) is 14.8. The van der Waals surface area contributed by atoms with Crippen molar-refractivity contribution in [2.45, 2.75) is 12.6 Å². The summed E-state index contributed by atoms with van der Waals surface area (Å²) >= 11 is 0.